The molecule has 3 N–H and O–H groups in total. The molecule has 0 saturated carbocycles. The number of hydrogen-bond donors (Lipinski definition) is 3. The van der Waals surface area contributed by atoms with Crippen molar-refractivity contribution in [3.63, 3.8) is 0 Å². The molecule has 1 saturated heterocycles. The molecular formula is C41H39N3O. The number of nitrogens with one attached hydrogen (secondary N) is 3. The summed E-state index contributed by atoms with van der Waals surface area (Å²) in [6, 6.07) is 33.3. The summed E-state index contributed by atoms with van der Waals surface area (Å²) in [5, 5.41) is 14.5. The molecule has 0 bridgehead atoms. The smallest absolute Gasteiger partial charge is 0.134 e. The van der Waals surface area contributed by atoms with Crippen molar-refractivity contribution in [2.45, 2.75) is 57.0 Å². The monoisotopic (exact) mass is 589 g/mol. The normalized spacial score (nSPS) is 27.2. The van der Waals surface area contributed by atoms with Gasteiger partial charge in [0.15, 0.2) is 0 Å². The van der Waals surface area contributed by atoms with Gasteiger partial charge in [-0.3, -0.25) is 16.0 Å². The number of fused-ring (bicyclic) bond motifs is 5. The first kappa shape index (κ1) is 27.1. The van der Waals surface area contributed by atoms with Gasteiger partial charge in [0.1, 0.15) is 11.5 Å². The van der Waals surface area contributed by atoms with Gasteiger partial charge in [-0.2, -0.15) is 0 Å². The van der Waals surface area contributed by atoms with E-state index >= 15 is 0 Å². The summed E-state index contributed by atoms with van der Waals surface area (Å²) in [5.74, 6) is 3.02. The molecule has 4 aromatic carbocycles. The number of rotatable bonds is 4. The van der Waals surface area contributed by atoms with Gasteiger partial charge in [0.25, 0.3) is 0 Å². The first-order chi connectivity index (χ1) is 22.3. The highest BCUT2D eigenvalue weighted by molar-refractivity contribution is 5.87. The van der Waals surface area contributed by atoms with E-state index in [-0.39, 0.29) is 18.5 Å². The third-order valence-corrected chi connectivity index (χ3v) is 10.5. The molecule has 2 heterocycles. The van der Waals surface area contributed by atoms with Gasteiger partial charge in [-0.25, -0.2) is 0 Å². The first-order valence-electron chi connectivity index (χ1n) is 16.7. The SMILES string of the molecule is C1=CC(C2NC(c3ccc(-c4ccc5ccccc5c4)cc3)NC(C3CCC=C4OC5=C(CCc6ccccc65)C43)N2)=CCC1. The minimum absolute atomic E-state index is 0.0281. The van der Waals surface area contributed by atoms with E-state index in [0.717, 1.165) is 44.3 Å². The van der Waals surface area contributed by atoms with Crippen LogP contribution in [0.1, 0.15) is 55.0 Å². The lowest BCUT2D eigenvalue weighted by molar-refractivity contribution is 0.131. The maximum atomic E-state index is 6.70. The van der Waals surface area contributed by atoms with E-state index < -0.39 is 0 Å². The maximum Gasteiger partial charge on any atom is 0.134 e. The number of aryl methyl sites for hydroxylation is 1. The molecule has 0 radical (unpaired) electrons. The Morgan fingerprint density at radius 3 is 2.38 bits per heavy atom. The van der Waals surface area contributed by atoms with Crippen LogP contribution in [0.5, 0.6) is 0 Å². The van der Waals surface area contributed by atoms with Crippen LogP contribution in [0, 0.1) is 11.8 Å². The minimum Gasteiger partial charge on any atom is -0.461 e. The van der Waals surface area contributed by atoms with Crippen LogP contribution in [0.15, 0.2) is 132 Å². The van der Waals surface area contributed by atoms with E-state index in [4.69, 9.17) is 4.74 Å². The van der Waals surface area contributed by atoms with Crippen molar-refractivity contribution in [2.24, 2.45) is 11.8 Å². The van der Waals surface area contributed by atoms with Crippen molar-refractivity contribution >= 4 is 16.5 Å². The molecule has 224 valence electrons. The lowest BCUT2D eigenvalue weighted by atomic mass is 9.73. The fourth-order valence-corrected chi connectivity index (χ4v) is 8.25. The van der Waals surface area contributed by atoms with Crippen LogP contribution < -0.4 is 16.0 Å². The fourth-order valence-electron chi connectivity index (χ4n) is 8.25. The van der Waals surface area contributed by atoms with E-state index in [1.807, 2.05) is 0 Å². The second-order valence-corrected chi connectivity index (χ2v) is 13.2. The summed E-state index contributed by atoms with van der Waals surface area (Å²) in [6.45, 7) is 0. The minimum atomic E-state index is 0.0281. The molecule has 3 aliphatic carbocycles. The van der Waals surface area contributed by atoms with Crippen molar-refractivity contribution in [1.82, 2.24) is 16.0 Å². The highest BCUT2D eigenvalue weighted by Gasteiger charge is 2.46. The van der Waals surface area contributed by atoms with E-state index in [1.54, 1.807) is 0 Å². The summed E-state index contributed by atoms with van der Waals surface area (Å²) < 4.78 is 6.70. The van der Waals surface area contributed by atoms with Crippen molar-refractivity contribution in [3.8, 4) is 11.1 Å². The molecule has 4 aromatic rings. The van der Waals surface area contributed by atoms with Crippen molar-refractivity contribution in [2.75, 3.05) is 0 Å². The quantitative estimate of drug-likeness (QED) is 0.223. The third kappa shape index (κ3) is 4.89. The number of ether oxygens (including phenoxy) is 1. The van der Waals surface area contributed by atoms with Crippen LogP contribution in [0.25, 0.3) is 27.7 Å². The molecule has 9 rings (SSSR count). The molecule has 4 heteroatoms. The lowest BCUT2D eigenvalue weighted by Gasteiger charge is -2.45. The van der Waals surface area contributed by atoms with Crippen molar-refractivity contribution in [1.29, 1.82) is 0 Å². The fraction of sp³-hybridized carbons (Fsp3) is 0.268. The summed E-state index contributed by atoms with van der Waals surface area (Å²) >= 11 is 0. The van der Waals surface area contributed by atoms with Gasteiger partial charge in [-0.05, 0) is 94.8 Å². The molecule has 4 nitrogen and oxygen atoms in total. The van der Waals surface area contributed by atoms with Crippen LogP contribution in [-0.2, 0) is 11.2 Å². The molecule has 5 atom stereocenters. The Morgan fingerprint density at radius 1 is 0.667 bits per heavy atom. The van der Waals surface area contributed by atoms with E-state index in [0.29, 0.717) is 11.8 Å². The van der Waals surface area contributed by atoms with Gasteiger partial charge >= 0.3 is 0 Å². The first-order valence-corrected chi connectivity index (χ1v) is 16.7. The number of benzene rings is 4. The Labute approximate surface area is 265 Å². The molecule has 2 aliphatic heterocycles. The molecule has 0 amide bonds. The maximum absolute atomic E-state index is 6.70. The number of hydrogen-bond acceptors (Lipinski definition) is 4. The van der Waals surface area contributed by atoms with E-state index in [1.165, 1.54) is 55.5 Å². The third-order valence-electron chi connectivity index (χ3n) is 10.5. The second kappa shape index (κ2) is 11.3. The van der Waals surface area contributed by atoms with Gasteiger partial charge < -0.3 is 4.74 Å². The largest absolute Gasteiger partial charge is 0.461 e. The van der Waals surface area contributed by atoms with Gasteiger partial charge in [0.2, 0.25) is 0 Å². The van der Waals surface area contributed by atoms with Crippen LogP contribution in [0.2, 0.25) is 0 Å². The topological polar surface area (TPSA) is 45.3 Å². The zero-order chi connectivity index (χ0) is 29.7. The Bertz CT molecular complexity index is 1900. The van der Waals surface area contributed by atoms with Gasteiger partial charge in [-0.1, -0.05) is 103 Å². The predicted molar refractivity (Wildman–Crippen MR) is 183 cm³/mol. The Hall–Kier alpha value is -4.22. The predicted octanol–water partition coefficient (Wildman–Crippen LogP) is 8.51. The standard InChI is InChI=1S/C41H39N3O/c1-2-11-29(12-3-1)39-42-40(30-20-17-27(18-21-30)32-22-19-26-9-4-5-13-31(26)25-32)44-41(43-39)35-15-8-16-36-37(35)34-24-23-28-10-6-7-14-33(28)38(34)45-36/h2,4-7,9-14,16-22,25,35,37,39-44H,1,3,8,15,23-24H2. The Kier molecular flexibility index (Phi) is 6.81. The zero-order valence-electron chi connectivity index (χ0n) is 25.5. The van der Waals surface area contributed by atoms with Crippen LogP contribution in [-0.4, -0.2) is 12.3 Å². The highest BCUT2D eigenvalue weighted by atomic mass is 16.5. The summed E-state index contributed by atoms with van der Waals surface area (Å²) in [7, 11) is 0. The molecule has 5 unspecified atom stereocenters. The Balaban J connectivity index is 1.03. The average molecular weight is 590 g/mol. The molecular weight excluding hydrogens is 550 g/mol. The molecule has 0 spiro atoms. The summed E-state index contributed by atoms with van der Waals surface area (Å²) in [5.41, 5.74) is 9.29. The zero-order valence-corrected chi connectivity index (χ0v) is 25.5. The molecule has 1 fully saturated rings. The van der Waals surface area contributed by atoms with Gasteiger partial charge in [0, 0.05) is 17.4 Å². The van der Waals surface area contributed by atoms with E-state index in [2.05, 4.69) is 131 Å². The average Bonchev–Trinajstić information content (AvgIpc) is 3.51. The van der Waals surface area contributed by atoms with Crippen molar-refractivity contribution in [3.05, 3.63) is 149 Å². The molecule has 5 aliphatic rings. The Morgan fingerprint density at radius 2 is 1.49 bits per heavy atom. The summed E-state index contributed by atoms with van der Waals surface area (Å²) in [6.07, 6.45) is 16.2. The van der Waals surface area contributed by atoms with Gasteiger partial charge in [-0.15, -0.1) is 0 Å². The molecule has 45 heavy (non-hydrogen) atoms. The second-order valence-electron chi connectivity index (χ2n) is 13.2. The lowest BCUT2D eigenvalue weighted by Crippen LogP contribution is -2.66. The van der Waals surface area contributed by atoms with Crippen LogP contribution >= 0.6 is 0 Å². The summed E-state index contributed by atoms with van der Waals surface area (Å²) in [4.78, 5) is 0. The molecule has 0 aromatic heterocycles. The van der Waals surface area contributed by atoms with Crippen molar-refractivity contribution < 1.29 is 4.74 Å². The van der Waals surface area contributed by atoms with E-state index in [9.17, 15) is 0 Å². The van der Waals surface area contributed by atoms with Gasteiger partial charge in [0.05, 0.1) is 18.5 Å². The van der Waals surface area contributed by atoms with Crippen LogP contribution in [0.3, 0.4) is 0 Å². The number of allylic oxidation sites excluding steroid dienone is 4. The highest BCUT2D eigenvalue weighted by Crippen LogP contribution is 2.52. The van der Waals surface area contributed by atoms with Crippen LogP contribution in [0.4, 0.5) is 0 Å².